The normalized spacial score (nSPS) is 13.7. The Labute approximate surface area is 53.9 Å². The number of rotatable bonds is 1. The van der Waals surface area contributed by atoms with Crippen LogP contribution in [-0.4, -0.2) is 4.98 Å². The van der Waals surface area contributed by atoms with Crippen LogP contribution >= 0.6 is 0 Å². The average molecular weight is 126 g/mol. The topological polar surface area (TPSA) is 52.0 Å². The predicted octanol–water partition coefficient (Wildman–Crippen LogP) is 1.00. The molecule has 0 aliphatic rings. The van der Waals surface area contributed by atoms with Crippen LogP contribution in [0.4, 0.5) is 0 Å². The van der Waals surface area contributed by atoms with Crippen molar-refractivity contribution in [3.05, 3.63) is 17.8 Å². The monoisotopic (exact) mass is 126 g/mol. The number of hydrogen-bond donors (Lipinski definition) is 1. The van der Waals surface area contributed by atoms with Crippen molar-refractivity contribution in [2.24, 2.45) is 5.73 Å². The molecule has 0 aliphatic carbocycles. The lowest BCUT2D eigenvalue weighted by Gasteiger charge is -1.94. The Morgan fingerprint density at radius 3 is 2.67 bits per heavy atom. The summed E-state index contributed by atoms with van der Waals surface area (Å²) in [4.78, 5) is 3.92. The average Bonchev–Trinajstić information content (AvgIpc) is 2.14. The van der Waals surface area contributed by atoms with E-state index in [-0.39, 0.29) is 6.04 Å². The number of nitrogens with zero attached hydrogens (tertiary/aromatic N) is 1. The molecule has 1 unspecified atom stereocenters. The molecule has 0 aliphatic heterocycles. The lowest BCUT2D eigenvalue weighted by molar-refractivity contribution is 0.444. The number of aryl methyl sites for hydroxylation is 1. The van der Waals surface area contributed by atoms with Gasteiger partial charge in [-0.05, 0) is 13.8 Å². The van der Waals surface area contributed by atoms with Gasteiger partial charge in [-0.1, -0.05) is 0 Å². The van der Waals surface area contributed by atoms with Crippen LogP contribution in [0.1, 0.15) is 24.6 Å². The second kappa shape index (κ2) is 2.19. The van der Waals surface area contributed by atoms with Crippen LogP contribution in [0, 0.1) is 6.92 Å². The molecule has 3 heteroatoms. The Balaban J connectivity index is 2.85. The fourth-order valence-corrected chi connectivity index (χ4v) is 0.583. The lowest BCUT2D eigenvalue weighted by Crippen LogP contribution is -2.04. The maximum atomic E-state index is 5.47. The SMILES string of the molecule is Cc1cnc(C(C)N)o1. The first-order valence-electron chi connectivity index (χ1n) is 2.88. The van der Waals surface area contributed by atoms with Gasteiger partial charge in [0.05, 0.1) is 12.2 Å². The zero-order valence-electron chi connectivity index (χ0n) is 5.59. The molecule has 0 radical (unpaired) electrons. The second-order valence-corrected chi connectivity index (χ2v) is 2.10. The van der Waals surface area contributed by atoms with Gasteiger partial charge < -0.3 is 10.2 Å². The first-order chi connectivity index (χ1) is 4.20. The van der Waals surface area contributed by atoms with Gasteiger partial charge in [-0.25, -0.2) is 4.98 Å². The zero-order valence-corrected chi connectivity index (χ0v) is 5.59. The standard InChI is InChI=1S/C6H10N2O/c1-4-3-8-6(9-4)5(2)7/h3,5H,7H2,1-2H3. The summed E-state index contributed by atoms with van der Waals surface area (Å²) in [6.45, 7) is 3.68. The summed E-state index contributed by atoms with van der Waals surface area (Å²) in [5, 5.41) is 0. The molecule has 1 aromatic rings. The summed E-state index contributed by atoms with van der Waals surface area (Å²) in [6.07, 6.45) is 1.67. The van der Waals surface area contributed by atoms with E-state index in [4.69, 9.17) is 10.2 Å². The molecule has 0 fully saturated rings. The molecular weight excluding hydrogens is 116 g/mol. The Morgan fingerprint density at radius 1 is 1.78 bits per heavy atom. The quantitative estimate of drug-likeness (QED) is 0.610. The molecule has 0 bridgehead atoms. The molecule has 1 heterocycles. The highest BCUT2D eigenvalue weighted by Gasteiger charge is 2.03. The summed E-state index contributed by atoms with van der Waals surface area (Å²) in [7, 11) is 0. The second-order valence-electron chi connectivity index (χ2n) is 2.10. The summed E-state index contributed by atoms with van der Waals surface area (Å²) < 4.78 is 5.11. The van der Waals surface area contributed by atoms with Gasteiger partial charge in [0.2, 0.25) is 5.89 Å². The third-order valence-electron chi connectivity index (χ3n) is 1.03. The Kier molecular flexibility index (Phi) is 1.53. The maximum Gasteiger partial charge on any atom is 0.210 e. The molecule has 3 nitrogen and oxygen atoms in total. The van der Waals surface area contributed by atoms with E-state index in [1.165, 1.54) is 0 Å². The van der Waals surface area contributed by atoms with E-state index in [1.807, 2.05) is 13.8 Å². The molecule has 9 heavy (non-hydrogen) atoms. The summed E-state index contributed by atoms with van der Waals surface area (Å²) >= 11 is 0. The van der Waals surface area contributed by atoms with Gasteiger partial charge >= 0.3 is 0 Å². The van der Waals surface area contributed by atoms with Gasteiger partial charge in [0.25, 0.3) is 0 Å². The van der Waals surface area contributed by atoms with Crippen molar-refractivity contribution in [2.75, 3.05) is 0 Å². The van der Waals surface area contributed by atoms with Gasteiger partial charge in [0.1, 0.15) is 5.76 Å². The Hall–Kier alpha value is -0.830. The smallest absolute Gasteiger partial charge is 0.210 e. The van der Waals surface area contributed by atoms with Crippen LogP contribution < -0.4 is 5.73 Å². The zero-order chi connectivity index (χ0) is 6.85. The molecule has 0 saturated heterocycles. The molecular formula is C6H10N2O. The highest BCUT2D eigenvalue weighted by Crippen LogP contribution is 2.07. The fraction of sp³-hybridized carbons (Fsp3) is 0.500. The fourth-order valence-electron chi connectivity index (χ4n) is 0.583. The first-order valence-corrected chi connectivity index (χ1v) is 2.88. The highest BCUT2D eigenvalue weighted by molar-refractivity contribution is 4.93. The van der Waals surface area contributed by atoms with E-state index in [0.29, 0.717) is 5.89 Å². The van der Waals surface area contributed by atoms with E-state index >= 15 is 0 Å². The van der Waals surface area contributed by atoms with Crippen LogP contribution in [0.15, 0.2) is 10.6 Å². The van der Waals surface area contributed by atoms with Crippen LogP contribution in [0.3, 0.4) is 0 Å². The summed E-state index contributed by atoms with van der Waals surface area (Å²) in [5.41, 5.74) is 5.47. The number of oxazole rings is 1. The molecule has 1 atom stereocenters. The van der Waals surface area contributed by atoms with E-state index in [9.17, 15) is 0 Å². The van der Waals surface area contributed by atoms with Crippen molar-refractivity contribution in [3.8, 4) is 0 Å². The van der Waals surface area contributed by atoms with Crippen molar-refractivity contribution < 1.29 is 4.42 Å². The molecule has 2 N–H and O–H groups in total. The number of hydrogen-bond acceptors (Lipinski definition) is 3. The van der Waals surface area contributed by atoms with Crippen molar-refractivity contribution in [1.82, 2.24) is 4.98 Å². The molecule has 0 saturated carbocycles. The maximum absolute atomic E-state index is 5.47. The van der Waals surface area contributed by atoms with Crippen molar-refractivity contribution in [2.45, 2.75) is 19.9 Å². The van der Waals surface area contributed by atoms with Crippen LogP contribution in [0.5, 0.6) is 0 Å². The van der Waals surface area contributed by atoms with Gasteiger partial charge in [-0.3, -0.25) is 0 Å². The van der Waals surface area contributed by atoms with Crippen LogP contribution in [-0.2, 0) is 0 Å². The highest BCUT2D eigenvalue weighted by atomic mass is 16.4. The van der Waals surface area contributed by atoms with Crippen LogP contribution in [0.25, 0.3) is 0 Å². The largest absolute Gasteiger partial charge is 0.444 e. The molecule has 1 aromatic heterocycles. The molecule has 1 rings (SSSR count). The Morgan fingerprint density at radius 2 is 2.44 bits per heavy atom. The molecule has 0 amide bonds. The van der Waals surface area contributed by atoms with Gasteiger partial charge in [0, 0.05) is 0 Å². The van der Waals surface area contributed by atoms with Crippen molar-refractivity contribution >= 4 is 0 Å². The first kappa shape index (κ1) is 6.29. The van der Waals surface area contributed by atoms with Crippen molar-refractivity contribution in [3.63, 3.8) is 0 Å². The minimum absolute atomic E-state index is 0.0984. The van der Waals surface area contributed by atoms with Crippen LogP contribution in [0.2, 0.25) is 0 Å². The minimum atomic E-state index is -0.0984. The number of nitrogens with two attached hydrogens (primary N) is 1. The van der Waals surface area contributed by atoms with Gasteiger partial charge in [-0.2, -0.15) is 0 Å². The minimum Gasteiger partial charge on any atom is -0.444 e. The van der Waals surface area contributed by atoms with E-state index in [0.717, 1.165) is 5.76 Å². The third kappa shape index (κ3) is 1.29. The van der Waals surface area contributed by atoms with E-state index in [2.05, 4.69) is 4.98 Å². The molecule has 50 valence electrons. The van der Waals surface area contributed by atoms with Gasteiger partial charge in [-0.15, -0.1) is 0 Å². The number of aromatic nitrogens is 1. The summed E-state index contributed by atoms with van der Waals surface area (Å²) in [5.74, 6) is 1.41. The van der Waals surface area contributed by atoms with Crippen molar-refractivity contribution in [1.29, 1.82) is 0 Å². The van der Waals surface area contributed by atoms with Gasteiger partial charge in [0.15, 0.2) is 0 Å². The van der Waals surface area contributed by atoms with E-state index in [1.54, 1.807) is 6.20 Å². The molecule has 0 aromatic carbocycles. The van der Waals surface area contributed by atoms with E-state index < -0.39 is 0 Å². The predicted molar refractivity (Wildman–Crippen MR) is 33.8 cm³/mol. The lowest BCUT2D eigenvalue weighted by atomic mass is 10.4. The molecule has 0 spiro atoms. The summed E-state index contributed by atoms with van der Waals surface area (Å²) in [6, 6.07) is -0.0984. The third-order valence-corrected chi connectivity index (χ3v) is 1.03. The Bertz CT molecular complexity index is 193.